The van der Waals surface area contributed by atoms with Crippen LogP contribution < -0.4 is 10.1 Å². The largest absolute Gasteiger partial charge is 0.497 e. The fourth-order valence-corrected chi connectivity index (χ4v) is 3.75. The lowest BCUT2D eigenvalue weighted by Gasteiger charge is -2.28. The number of hydrogen-bond acceptors (Lipinski definition) is 6. The number of carbonyl (C=O) groups excluding carboxylic acids is 2. The summed E-state index contributed by atoms with van der Waals surface area (Å²) in [7, 11) is 2.96. The van der Waals surface area contributed by atoms with Gasteiger partial charge in [-0.25, -0.2) is 9.59 Å². The van der Waals surface area contributed by atoms with Gasteiger partial charge in [-0.2, -0.15) is 0 Å². The summed E-state index contributed by atoms with van der Waals surface area (Å²) in [5.74, 6) is 0.330. The number of nitrogens with one attached hydrogen (secondary N) is 1. The van der Waals surface area contributed by atoms with E-state index in [2.05, 4.69) is 5.32 Å². The second-order valence-corrected chi connectivity index (χ2v) is 7.34. The van der Waals surface area contributed by atoms with E-state index >= 15 is 0 Å². The zero-order valence-electron chi connectivity index (χ0n) is 17.5. The minimum Gasteiger partial charge on any atom is -0.497 e. The highest BCUT2D eigenvalue weighted by Gasteiger charge is 2.47. The second-order valence-electron chi connectivity index (χ2n) is 7.34. The third kappa shape index (κ3) is 5.10. The predicted molar refractivity (Wildman–Crippen MR) is 112 cm³/mol. The van der Waals surface area contributed by atoms with Crippen LogP contribution in [0.15, 0.2) is 54.6 Å². The molecule has 7 heteroatoms. The Kier molecular flexibility index (Phi) is 7.30. The highest BCUT2D eigenvalue weighted by atomic mass is 16.6. The summed E-state index contributed by atoms with van der Waals surface area (Å²) in [4.78, 5) is 26.8. The van der Waals surface area contributed by atoms with Gasteiger partial charge in [0.15, 0.2) is 0 Å². The van der Waals surface area contributed by atoms with Crippen molar-refractivity contribution in [3.63, 3.8) is 0 Å². The van der Waals surface area contributed by atoms with Gasteiger partial charge in [-0.15, -0.1) is 0 Å². The Morgan fingerprint density at radius 2 is 1.73 bits per heavy atom. The molecule has 2 aromatic rings. The molecule has 1 amide bonds. The first kappa shape index (κ1) is 21.6. The SMILES string of the molecule is COC(=O)[C@H]1[C@@H](NCc2ccc(OC)cc2)C[C@@H](C)N1C(=O)OCc1ccccc1. The second kappa shape index (κ2) is 10.1. The molecule has 2 aromatic carbocycles. The maximum atomic E-state index is 12.8. The van der Waals surface area contributed by atoms with E-state index in [0.29, 0.717) is 13.0 Å². The van der Waals surface area contributed by atoms with Crippen molar-refractivity contribution in [3.8, 4) is 5.75 Å². The summed E-state index contributed by atoms with van der Waals surface area (Å²) in [6.45, 7) is 2.62. The maximum Gasteiger partial charge on any atom is 0.411 e. The molecular weight excluding hydrogens is 384 g/mol. The van der Waals surface area contributed by atoms with Crippen LogP contribution in [0.25, 0.3) is 0 Å². The van der Waals surface area contributed by atoms with Gasteiger partial charge in [0.05, 0.1) is 14.2 Å². The minimum atomic E-state index is -0.744. The lowest BCUT2D eigenvalue weighted by molar-refractivity contribution is -0.146. The molecule has 0 aromatic heterocycles. The van der Waals surface area contributed by atoms with E-state index in [4.69, 9.17) is 14.2 Å². The summed E-state index contributed by atoms with van der Waals surface area (Å²) >= 11 is 0. The molecule has 0 radical (unpaired) electrons. The third-order valence-electron chi connectivity index (χ3n) is 5.34. The molecule has 1 N–H and O–H groups in total. The van der Waals surface area contributed by atoms with Gasteiger partial charge in [-0.05, 0) is 36.6 Å². The molecule has 1 aliphatic rings. The van der Waals surface area contributed by atoms with Crippen molar-refractivity contribution >= 4 is 12.1 Å². The summed E-state index contributed by atoms with van der Waals surface area (Å²) in [6, 6.07) is 16.0. The molecule has 0 saturated carbocycles. The monoisotopic (exact) mass is 412 g/mol. The zero-order chi connectivity index (χ0) is 21.5. The molecule has 160 valence electrons. The number of rotatable bonds is 7. The van der Waals surface area contributed by atoms with Crippen molar-refractivity contribution < 1.29 is 23.8 Å². The molecule has 1 fully saturated rings. The molecule has 0 bridgehead atoms. The van der Waals surface area contributed by atoms with Gasteiger partial charge in [-0.1, -0.05) is 42.5 Å². The van der Waals surface area contributed by atoms with Gasteiger partial charge in [0.2, 0.25) is 0 Å². The van der Waals surface area contributed by atoms with Crippen molar-refractivity contribution in [2.75, 3.05) is 14.2 Å². The summed E-state index contributed by atoms with van der Waals surface area (Å²) in [5.41, 5.74) is 1.94. The van der Waals surface area contributed by atoms with Crippen LogP contribution in [-0.2, 0) is 27.4 Å². The lowest BCUT2D eigenvalue weighted by atomic mass is 10.1. The quantitative estimate of drug-likeness (QED) is 0.704. The van der Waals surface area contributed by atoms with Crippen molar-refractivity contribution in [2.24, 2.45) is 0 Å². The number of benzene rings is 2. The number of carbonyl (C=O) groups is 2. The van der Waals surface area contributed by atoms with Crippen molar-refractivity contribution in [3.05, 3.63) is 65.7 Å². The molecule has 0 unspecified atom stereocenters. The highest BCUT2D eigenvalue weighted by Crippen LogP contribution is 2.27. The average Bonchev–Trinajstić information content (AvgIpc) is 3.12. The van der Waals surface area contributed by atoms with Crippen LogP contribution in [0.1, 0.15) is 24.5 Å². The standard InChI is InChI=1S/C23H28N2O5/c1-16-13-20(24-14-17-9-11-19(28-2)12-10-17)21(22(26)29-3)25(16)23(27)30-15-18-7-5-4-6-8-18/h4-12,16,20-21,24H,13-15H2,1-3H3/t16-,20+,21-/m1/s1. The summed E-state index contributed by atoms with van der Waals surface area (Å²) in [6.07, 6.45) is 0.103. The number of esters is 1. The summed E-state index contributed by atoms with van der Waals surface area (Å²) < 4.78 is 15.7. The average molecular weight is 412 g/mol. The molecule has 3 rings (SSSR count). The maximum absolute atomic E-state index is 12.8. The Hall–Kier alpha value is -3.06. The van der Waals surface area contributed by atoms with E-state index in [9.17, 15) is 9.59 Å². The van der Waals surface area contributed by atoms with Crippen LogP contribution in [0.2, 0.25) is 0 Å². The predicted octanol–water partition coefficient (Wildman–Crippen LogP) is 3.13. The number of hydrogen-bond donors (Lipinski definition) is 1. The van der Waals surface area contributed by atoms with Crippen LogP contribution >= 0.6 is 0 Å². The Balaban J connectivity index is 1.66. The molecule has 1 heterocycles. The van der Waals surface area contributed by atoms with Gasteiger partial charge >= 0.3 is 12.1 Å². The van der Waals surface area contributed by atoms with Crippen LogP contribution in [0.5, 0.6) is 5.75 Å². The van der Waals surface area contributed by atoms with E-state index in [-0.39, 0.29) is 18.7 Å². The molecule has 0 aliphatic carbocycles. The highest BCUT2D eigenvalue weighted by molar-refractivity contribution is 5.83. The Morgan fingerprint density at radius 1 is 1.03 bits per heavy atom. The normalized spacial score (nSPS) is 20.6. The van der Waals surface area contributed by atoms with E-state index in [1.165, 1.54) is 12.0 Å². The number of likely N-dealkylation sites (tertiary alicyclic amines) is 1. The minimum absolute atomic E-state index is 0.154. The molecule has 1 saturated heterocycles. The van der Waals surface area contributed by atoms with Gasteiger partial charge < -0.3 is 19.5 Å². The van der Waals surface area contributed by atoms with Gasteiger partial charge in [0.25, 0.3) is 0 Å². The van der Waals surface area contributed by atoms with Crippen LogP contribution in [0.4, 0.5) is 4.79 Å². The Bertz CT molecular complexity index is 840. The van der Waals surface area contributed by atoms with E-state index < -0.39 is 18.1 Å². The van der Waals surface area contributed by atoms with Crippen molar-refractivity contribution in [2.45, 2.75) is 44.6 Å². The third-order valence-corrected chi connectivity index (χ3v) is 5.34. The first-order chi connectivity index (χ1) is 14.5. The number of nitrogens with zero attached hydrogens (tertiary/aromatic N) is 1. The van der Waals surface area contributed by atoms with Gasteiger partial charge in [0, 0.05) is 18.6 Å². The smallest absolute Gasteiger partial charge is 0.411 e. The lowest BCUT2D eigenvalue weighted by Crippen LogP contribution is -2.51. The van der Waals surface area contributed by atoms with Gasteiger partial charge in [0.1, 0.15) is 18.4 Å². The van der Waals surface area contributed by atoms with Gasteiger partial charge in [-0.3, -0.25) is 4.90 Å². The fraction of sp³-hybridized carbons (Fsp3) is 0.391. The van der Waals surface area contributed by atoms with Crippen molar-refractivity contribution in [1.82, 2.24) is 10.2 Å². The van der Waals surface area contributed by atoms with E-state index in [0.717, 1.165) is 16.9 Å². The first-order valence-electron chi connectivity index (χ1n) is 9.96. The zero-order valence-corrected chi connectivity index (χ0v) is 17.5. The molecule has 3 atom stereocenters. The van der Waals surface area contributed by atoms with Crippen LogP contribution in [0, 0.1) is 0 Å². The Morgan fingerprint density at radius 3 is 2.37 bits per heavy atom. The van der Waals surface area contributed by atoms with Crippen LogP contribution in [0.3, 0.4) is 0 Å². The summed E-state index contributed by atoms with van der Waals surface area (Å²) in [5, 5.41) is 3.40. The number of methoxy groups -OCH3 is 2. The molecular formula is C23H28N2O5. The molecule has 7 nitrogen and oxygen atoms in total. The number of ether oxygens (including phenoxy) is 3. The fourth-order valence-electron chi connectivity index (χ4n) is 3.75. The van der Waals surface area contributed by atoms with Crippen molar-refractivity contribution in [1.29, 1.82) is 0 Å². The number of amides is 1. The molecule has 30 heavy (non-hydrogen) atoms. The Labute approximate surface area is 176 Å². The topological polar surface area (TPSA) is 77.1 Å². The van der Waals surface area contributed by atoms with E-state index in [1.807, 2.05) is 61.5 Å². The van der Waals surface area contributed by atoms with E-state index in [1.54, 1.807) is 7.11 Å². The molecule has 1 aliphatic heterocycles. The molecule has 0 spiro atoms. The van der Waals surface area contributed by atoms with Crippen LogP contribution in [-0.4, -0.2) is 49.3 Å². The first-order valence-corrected chi connectivity index (χ1v) is 9.96.